The van der Waals surface area contributed by atoms with E-state index in [4.69, 9.17) is 27.9 Å². The monoisotopic (exact) mass is 325 g/mol. The van der Waals surface area contributed by atoms with Crippen LogP contribution in [0.1, 0.15) is 11.1 Å². The van der Waals surface area contributed by atoms with Crippen LogP contribution in [0, 0.1) is 10.1 Å². The van der Waals surface area contributed by atoms with Crippen LogP contribution in [0.4, 0.5) is 5.69 Å². The zero-order valence-corrected chi connectivity index (χ0v) is 12.6. The number of nitrogens with zero attached hydrogens (tertiary/aromatic N) is 1. The molecular weight excluding hydrogens is 313 g/mol. The molecular formula is C15H13Cl2NO3. The Morgan fingerprint density at radius 1 is 1.14 bits per heavy atom. The predicted octanol–water partition coefficient (Wildman–Crippen LogP) is 4.61. The average Bonchev–Trinajstić information content (AvgIpc) is 2.48. The summed E-state index contributed by atoms with van der Waals surface area (Å²) in [6.07, 6.45) is 0.645. The first-order chi connectivity index (χ1) is 10.1. The van der Waals surface area contributed by atoms with E-state index in [2.05, 4.69) is 0 Å². The number of hydrogen-bond donors (Lipinski definition) is 0. The zero-order chi connectivity index (χ0) is 15.2. The van der Waals surface area contributed by atoms with Gasteiger partial charge in [0.05, 0.1) is 17.4 Å². The van der Waals surface area contributed by atoms with Crippen molar-refractivity contribution in [2.75, 3.05) is 6.61 Å². The highest BCUT2D eigenvalue weighted by Gasteiger charge is 2.07. The third kappa shape index (κ3) is 4.09. The number of ether oxygens (including phenoxy) is 1. The molecule has 0 radical (unpaired) electrons. The molecule has 0 atom stereocenters. The van der Waals surface area contributed by atoms with E-state index in [1.54, 1.807) is 24.3 Å². The van der Waals surface area contributed by atoms with Crippen molar-refractivity contribution in [3.8, 4) is 5.75 Å². The molecule has 0 aliphatic carbocycles. The summed E-state index contributed by atoms with van der Waals surface area (Å²) in [5.74, 6) is 0.950. The van der Waals surface area contributed by atoms with Crippen LogP contribution in [0.25, 0.3) is 0 Å². The van der Waals surface area contributed by atoms with Crippen LogP contribution >= 0.6 is 23.2 Å². The number of nitro groups is 1. The van der Waals surface area contributed by atoms with Crippen molar-refractivity contribution in [1.29, 1.82) is 0 Å². The molecule has 0 saturated carbocycles. The first-order valence-corrected chi connectivity index (χ1v) is 7.22. The van der Waals surface area contributed by atoms with Crippen LogP contribution in [0.2, 0.25) is 5.02 Å². The lowest BCUT2D eigenvalue weighted by molar-refractivity contribution is -0.384. The Labute approximate surface area is 132 Å². The van der Waals surface area contributed by atoms with Gasteiger partial charge in [0.15, 0.2) is 0 Å². The SMILES string of the molecule is O=[N+]([O-])c1ccc(CCOc2cccc(Cl)c2CCl)cc1. The lowest BCUT2D eigenvalue weighted by atomic mass is 10.1. The molecule has 21 heavy (non-hydrogen) atoms. The molecule has 0 heterocycles. The van der Waals surface area contributed by atoms with E-state index in [-0.39, 0.29) is 11.6 Å². The van der Waals surface area contributed by atoms with Crippen molar-refractivity contribution in [2.45, 2.75) is 12.3 Å². The minimum atomic E-state index is -0.418. The summed E-state index contributed by atoms with van der Waals surface area (Å²) < 4.78 is 5.69. The van der Waals surface area contributed by atoms with Gasteiger partial charge in [-0.15, -0.1) is 11.6 Å². The van der Waals surface area contributed by atoms with E-state index in [1.807, 2.05) is 6.07 Å². The Bertz CT molecular complexity index is 629. The van der Waals surface area contributed by atoms with E-state index in [0.717, 1.165) is 11.1 Å². The maximum atomic E-state index is 10.6. The number of hydrogen-bond acceptors (Lipinski definition) is 3. The molecule has 0 aliphatic heterocycles. The summed E-state index contributed by atoms with van der Waals surface area (Å²) in [5, 5.41) is 11.2. The van der Waals surface area contributed by atoms with Crippen molar-refractivity contribution >= 4 is 28.9 Å². The summed E-state index contributed by atoms with van der Waals surface area (Å²) in [5.41, 5.74) is 1.82. The highest BCUT2D eigenvalue weighted by Crippen LogP contribution is 2.28. The molecule has 0 fully saturated rings. The Hall–Kier alpha value is -1.78. The van der Waals surface area contributed by atoms with Gasteiger partial charge in [-0.1, -0.05) is 29.8 Å². The molecule has 2 rings (SSSR count). The first kappa shape index (κ1) is 15.6. The standard InChI is InChI=1S/C15H13Cl2NO3/c16-10-13-14(17)2-1-3-15(13)21-9-8-11-4-6-12(7-5-11)18(19)20/h1-7H,8-10H2. The summed E-state index contributed by atoms with van der Waals surface area (Å²) in [7, 11) is 0. The average molecular weight is 326 g/mol. The molecule has 0 aliphatic rings. The highest BCUT2D eigenvalue weighted by molar-refractivity contribution is 6.32. The minimum Gasteiger partial charge on any atom is -0.493 e. The van der Waals surface area contributed by atoms with Gasteiger partial charge < -0.3 is 4.74 Å². The molecule has 0 unspecified atom stereocenters. The van der Waals surface area contributed by atoms with Crippen molar-refractivity contribution in [3.05, 3.63) is 68.7 Å². The number of non-ortho nitro benzene ring substituents is 1. The van der Waals surface area contributed by atoms with Crippen LogP contribution in [0.15, 0.2) is 42.5 Å². The van der Waals surface area contributed by atoms with Crippen LogP contribution in [0.5, 0.6) is 5.75 Å². The molecule has 0 bridgehead atoms. The topological polar surface area (TPSA) is 52.4 Å². The van der Waals surface area contributed by atoms with Crippen LogP contribution < -0.4 is 4.74 Å². The molecule has 0 spiro atoms. The molecule has 0 aromatic heterocycles. The van der Waals surface area contributed by atoms with Gasteiger partial charge in [0, 0.05) is 29.1 Å². The van der Waals surface area contributed by atoms with Crippen LogP contribution in [0.3, 0.4) is 0 Å². The van der Waals surface area contributed by atoms with Crippen molar-refractivity contribution < 1.29 is 9.66 Å². The third-order valence-electron chi connectivity index (χ3n) is 3.00. The van der Waals surface area contributed by atoms with Crippen LogP contribution in [-0.4, -0.2) is 11.5 Å². The van der Waals surface area contributed by atoms with Crippen LogP contribution in [-0.2, 0) is 12.3 Å². The minimum absolute atomic E-state index is 0.0823. The Balaban J connectivity index is 1.95. The lowest BCUT2D eigenvalue weighted by Crippen LogP contribution is -2.03. The third-order valence-corrected chi connectivity index (χ3v) is 3.63. The summed E-state index contributed by atoms with van der Waals surface area (Å²) in [4.78, 5) is 10.2. The fourth-order valence-electron chi connectivity index (χ4n) is 1.87. The van der Waals surface area contributed by atoms with E-state index in [9.17, 15) is 10.1 Å². The van der Waals surface area contributed by atoms with E-state index >= 15 is 0 Å². The molecule has 6 heteroatoms. The van der Waals surface area contributed by atoms with Crippen molar-refractivity contribution in [2.24, 2.45) is 0 Å². The second-order valence-electron chi connectivity index (χ2n) is 4.37. The number of halogens is 2. The van der Waals surface area contributed by atoms with Gasteiger partial charge in [0.1, 0.15) is 5.75 Å². The fourth-order valence-corrected chi connectivity index (χ4v) is 2.44. The Morgan fingerprint density at radius 3 is 2.48 bits per heavy atom. The molecule has 2 aromatic carbocycles. The highest BCUT2D eigenvalue weighted by atomic mass is 35.5. The number of alkyl halides is 1. The van der Waals surface area contributed by atoms with Gasteiger partial charge in [-0.3, -0.25) is 10.1 Å². The van der Waals surface area contributed by atoms with Gasteiger partial charge in [-0.05, 0) is 17.7 Å². The number of benzene rings is 2. The Kier molecular flexibility index (Phi) is 5.42. The molecule has 2 aromatic rings. The molecule has 0 amide bonds. The maximum Gasteiger partial charge on any atom is 0.269 e. The van der Waals surface area contributed by atoms with E-state index in [0.29, 0.717) is 23.8 Å². The molecule has 0 N–H and O–H groups in total. The van der Waals surface area contributed by atoms with Gasteiger partial charge >= 0.3 is 0 Å². The fraction of sp³-hybridized carbons (Fsp3) is 0.200. The summed E-state index contributed by atoms with van der Waals surface area (Å²) in [6, 6.07) is 11.8. The van der Waals surface area contributed by atoms with Gasteiger partial charge in [0.2, 0.25) is 0 Å². The molecule has 110 valence electrons. The largest absolute Gasteiger partial charge is 0.493 e. The smallest absolute Gasteiger partial charge is 0.269 e. The summed E-state index contributed by atoms with van der Waals surface area (Å²) in [6.45, 7) is 0.446. The van der Waals surface area contributed by atoms with Crippen molar-refractivity contribution in [3.63, 3.8) is 0 Å². The normalized spacial score (nSPS) is 10.4. The molecule has 0 saturated heterocycles. The zero-order valence-electron chi connectivity index (χ0n) is 11.1. The van der Waals surface area contributed by atoms with Crippen molar-refractivity contribution in [1.82, 2.24) is 0 Å². The second kappa shape index (κ2) is 7.29. The molecule has 4 nitrogen and oxygen atoms in total. The predicted molar refractivity (Wildman–Crippen MR) is 83.3 cm³/mol. The Morgan fingerprint density at radius 2 is 1.86 bits per heavy atom. The van der Waals surface area contributed by atoms with Gasteiger partial charge in [0.25, 0.3) is 5.69 Å². The number of rotatable bonds is 6. The van der Waals surface area contributed by atoms with E-state index in [1.165, 1.54) is 12.1 Å². The quantitative estimate of drug-likeness (QED) is 0.442. The maximum absolute atomic E-state index is 10.6. The first-order valence-electron chi connectivity index (χ1n) is 6.31. The second-order valence-corrected chi connectivity index (χ2v) is 5.05. The van der Waals surface area contributed by atoms with Gasteiger partial charge in [-0.25, -0.2) is 0 Å². The van der Waals surface area contributed by atoms with Gasteiger partial charge in [-0.2, -0.15) is 0 Å². The lowest BCUT2D eigenvalue weighted by Gasteiger charge is -2.11. The summed E-state index contributed by atoms with van der Waals surface area (Å²) >= 11 is 11.9. The van der Waals surface area contributed by atoms with E-state index < -0.39 is 4.92 Å². The number of nitro benzene ring substituents is 1.